The average molecular weight is 242 g/mol. The quantitative estimate of drug-likeness (QED) is 0.429. The van der Waals surface area contributed by atoms with Gasteiger partial charge < -0.3 is 10.0 Å². The molecule has 17 heavy (non-hydrogen) atoms. The molecule has 0 aromatic heterocycles. The minimum Gasteiger partial charge on any atom is -0.477 e. The van der Waals surface area contributed by atoms with Crippen LogP contribution in [0, 0.1) is 10.1 Å². The summed E-state index contributed by atoms with van der Waals surface area (Å²) in [6, 6.07) is 0. The van der Waals surface area contributed by atoms with Crippen molar-refractivity contribution >= 4 is 5.97 Å². The standard InChI is InChI=1S/C10H15N3O4/c1-11(2)7-6(10(14)15)8(12(16)17)9(7)13(3,4)5/h1-5H3/p+1. The lowest BCUT2D eigenvalue weighted by Crippen LogP contribution is -2.45. The topological polar surface area (TPSA) is 83.7 Å². The molecule has 0 fully saturated rings. The Morgan fingerprint density at radius 2 is 1.82 bits per heavy atom. The Bertz CT molecular complexity index is 455. The number of nitrogens with zero attached hydrogens (tertiary/aromatic N) is 3. The molecule has 7 nitrogen and oxygen atoms in total. The van der Waals surface area contributed by atoms with Crippen molar-refractivity contribution in [3.05, 3.63) is 32.8 Å². The van der Waals surface area contributed by atoms with Crippen LogP contribution in [0.5, 0.6) is 0 Å². The molecule has 0 saturated carbocycles. The van der Waals surface area contributed by atoms with Crippen molar-refractivity contribution in [2.24, 2.45) is 0 Å². The number of likely N-dealkylation sites (N-methyl/N-ethyl adjacent to an activating group) is 2. The zero-order chi connectivity index (χ0) is 13.5. The molecule has 0 bridgehead atoms. The SMILES string of the molecule is CN(C)C1=C([N+](C)(C)C)C([N+](=O)[O-])=C1C(=O)O. The number of carboxylic acid groups (broad SMARTS) is 1. The predicted octanol–water partition coefficient (Wildman–Crippen LogP) is 0.0948. The van der Waals surface area contributed by atoms with Crippen molar-refractivity contribution in [2.45, 2.75) is 0 Å². The number of hydrogen-bond acceptors (Lipinski definition) is 4. The molecule has 1 N–H and O–H groups in total. The smallest absolute Gasteiger partial charge is 0.348 e. The summed E-state index contributed by atoms with van der Waals surface area (Å²) in [5.41, 5.74) is 0.325. The number of rotatable bonds is 4. The van der Waals surface area contributed by atoms with E-state index in [4.69, 9.17) is 5.11 Å². The Balaban J connectivity index is 3.41. The van der Waals surface area contributed by atoms with E-state index in [0.717, 1.165) is 0 Å². The zero-order valence-electron chi connectivity index (χ0n) is 10.5. The molecule has 0 aliphatic heterocycles. The summed E-state index contributed by atoms with van der Waals surface area (Å²) >= 11 is 0. The first-order chi connectivity index (χ1) is 7.59. The van der Waals surface area contributed by atoms with Gasteiger partial charge in [0.25, 0.3) is 0 Å². The average Bonchev–Trinajstić information content (AvgIpc) is 1.94. The van der Waals surface area contributed by atoms with E-state index in [0.29, 0.717) is 11.4 Å². The molecule has 0 heterocycles. The first-order valence-electron chi connectivity index (χ1n) is 4.95. The lowest BCUT2D eigenvalue weighted by atomic mass is 9.93. The van der Waals surface area contributed by atoms with Crippen LogP contribution in [0.1, 0.15) is 0 Å². The van der Waals surface area contributed by atoms with Gasteiger partial charge in [0, 0.05) is 14.1 Å². The third kappa shape index (κ3) is 2.01. The van der Waals surface area contributed by atoms with Crippen molar-refractivity contribution in [3.63, 3.8) is 0 Å². The van der Waals surface area contributed by atoms with Crippen LogP contribution in [0.4, 0.5) is 0 Å². The van der Waals surface area contributed by atoms with E-state index in [1.54, 1.807) is 40.1 Å². The Kier molecular flexibility index (Phi) is 2.98. The maximum absolute atomic E-state index is 11.1. The van der Waals surface area contributed by atoms with Crippen LogP contribution in [0.2, 0.25) is 0 Å². The van der Waals surface area contributed by atoms with E-state index in [1.165, 1.54) is 0 Å². The maximum Gasteiger partial charge on any atom is 0.348 e. The summed E-state index contributed by atoms with van der Waals surface area (Å²) in [5, 5.41) is 20.0. The van der Waals surface area contributed by atoms with Gasteiger partial charge in [0.15, 0.2) is 5.57 Å². The highest BCUT2D eigenvalue weighted by atomic mass is 16.6. The molecule has 94 valence electrons. The molecule has 0 atom stereocenters. The van der Waals surface area contributed by atoms with Gasteiger partial charge in [0.05, 0.1) is 26.1 Å². The van der Waals surface area contributed by atoms with E-state index in [2.05, 4.69) is 0 Å². The molecule has 0 spiro atoms. The Morgan fingerprint density at radius 1 is 1.35 bits per heavy atom. The van der Waals surface area contributed by atoms with Crippen molar-refractivity contribution in [3.8, 4) is 0 Å². The van der Waals surface area contributed by atoms with Gasteiger partial charge in [-0.2, -0.15) is 0 Å². The lowest BCUT2D eigenvalue weighted by molar-refractivity contribution is -0.835. The molecule has 0 aromatic rings. The van der Waals surface area contributed by atoms with Gasteiger partial charge >= 0.3 is 11.7 Å². The monoisotopic (exact) mass is 242 g/mol. The number of hydrogen-bond donors (Lipinski definition) is 1. The Labute approximate surface area is 99.0 Å². The minimum atomic E-state index is -1.27. The van der Waals surface area contributed by atoms with Crippen LogP contribution in [0.25, 0.3) is 0 Å². The predicted molar refractivity (Wildman–Crippen MR) is 60.4 cm³/mol. The molecule has 0 amide bonds. The molecule has 0 radical (unpaired) electrons. The van der Waals surface area contributed by atoms with E-state index < -0.39 is 10.9 Å². The van der Waals surface area contributed by atoms with Gasteiger partial charge in [-0.05, 0) is 0 Å². The van der Waals surface area contributed by atoms with E-state index >= 15 is 0 Å². The summed E-state index contributed by atoms with van der Waals surface area (Å²) in [4.78, 5) is 23.0. The van der Waals surface area contributed by atoms with E-state index in [1.807, 2.05) is 0 Å². The van der Waals surface area contributed by atoms with Gasteiger partial charge in [-0.25, -0.2) is 4.79 Å². The van der Waals surface area contributed by atoms with E-state index in [9.17, 15) is 14.9 Å². The van der Waals surface area contributed by atoms with Crippen LogP contribution >= 0.6 is 0 Å². The molecule has 1 aliphatic rings. The second-order valence-electron chi connectivity index (χ2n) is 4.89. The van der Waals surface area contributed by atoms with Gasteiger partial charge in [0.1, 0.15) is 5.70 Å². The summed E-state index contributed by atoms with van der Waals surface area (Å²) in [6.07, 6.45) is 0. The van der Waals surface area contributed by atoms with E-state index in [-0.39, 0.29) is 15.8 Å². The van der Waals surface area contributed by atoms with Gasteiger partial charge in [0.2, 0.25) is 5.70 Å². The van der Waals surface area contributed by atoms with Crippen molar-refractivity contribution in [1.29, 1.82) is 0 Å². The first kappa shape index (κ1) is 13.2. The number of nitro groups is 1. The highest BCUT2D eigenvalue weighted by molar-refractivity contribution is 5.96. The molecule has 1 rings (SSSR count). The van der Waals surface area contributed by atoms with Crippen LogP contribution in [-0.4, -0.2) is 60.6 Å². The molecule has 0 unspecified atom stereocenters. The molecular formula is C10H16N3O4+. The van der Waals surface area contributed by atoms with Crippen LogP contribution in [0.15, 0.2) is 22.7 Å². The third-order valence-electron chi connectivity index (χ3n) is 2.44. The number of aliphatic carboxylic acids is 1. The van der Waals surface area contributed by atoms with Crippen molar-refractivity contribution < 1.29 is 19.3 Å². The fourth-order valence-corrected chi connectivity index (χ4v) is 1.85. The molecule has 0 aromatic carbocycles. The first-order valence-corrected chi connectivity index (χ1v) is 4.95. The van der Waals surface area contributed by atoms with Gasteiger partial charge in [-0.1, -0.05) is 0 Å². The third-order valence-corrected chi connectivity index (χ3v) is 2.44. The van der Waals surface area contributed by atoms with Gasteiger partial charge in [-0.15, -0.1) is 0 Å². The Hall–Kier alpha value is -1.89. The molecule has 0 saturated heterocycles. The molecule has 7 heteroatoms. The Morgan fingerprint density at radius 3 is 2.06 bits per heavy atom. The summed E-state index contributed by atoms with van der Waals surface area (Å²) in [7, 11) is 8.64. The fourth-order valence-electron chi connectivity index (χ4n) is 1.85. The number of quaternary nitrogens is 1. The van der Waals surface area contributed by atoms with Crippen molar-refractivity contribution in [1.82, 2.24) is 4.90 Å². The van der Waals surface area contributed by atoms with Crippen LogP contribution in [-0.2, 0) is 4.79 Å². The highest BCUT2D eigenvalue weighted by Crippen LogP contribution is 2.40. The number of carbonyl (C=O) groups is 1. The fraction of sp³-hybridized carbons (Fsp3) is 0.500. The number of carboxylic acids is 1. The van der Waals surface area contributed by atoms with Crippen LogP contribution in [0.3, 0.4) is 0 Å². The lowest BCUT2D eigenvalue weighted by Gasteiger charge is -2.34. The molecular weight excluding hydrogens is 226 g/mol. The summed E-state index contributed by atoms with van der Waals surface area (Å²) in [6.45, 7) is 0. The second kappa shape index (κ2) is 3.85. The highest BCUT2D eigenvalue weighted by Gasteiger charge is 2.51. The summed E-state index contributed by atoms with van der Waals surface area (Å²) < 4.78 is 0.209. The largest absolute Gasteiger partial charge is 0.477 e. The normalized spacial score (nSPS) is 15.8. The van der Waals surface area contributed by atoms with Crippen LogP contribution < -0.4 is 0 Å². The minimum absolute atomic E-state index is 0.209. The maximum atomic E-state index is 11.1. The zero-order valence-corrected chi connectivity index (χ0v) is 10.5. The van der Waals surface area contributed by atoms with Gasteiger partial charge in [-0.3, -0.25) is 14.6 Å². The second-order valence-corrected chi connectivity index (χ2v) is 4.89. The summed E-state index contributed by atoms with van der Waals surface area (Å²) in [5.74, 6) is -1.27. The molecule has 1 aliphatic carbocycles. The van der Waals surface area contributed by atoms with Crippen molar-refractivity contribution in [2.75, 3.05) is 35.2 Å².